The van der Waals surface area contributed by atoms with Crippen LogP contribution >= 0.6 is 0 Å². The predicted molar refractivity (Wildman–Crippen MR) is 72.9 cm³/mol. The van der Waals surface area contributed by atoms with E-state index in [4.69, 9.17) is 5.11 Å². The van der Waals surface area contributed by atoms with Gasteiger partial charge in [0.1, 0.15) is 6.04 Å². The minimum atomic E-state index is -1.01. The van der Waals surface area contributed by atoms with Gasteiger partial charge in [-0.3, -0.25) is 0 Å². The van der Waals surface area contributed by atoms with Crippen LogP contribution < -0.4 is 5.32 Å². The number of aliphatic carboxylic acids is 1. The molecule has 0 aromatic heterocycles. The van der Waals surface area contributed by atoms with E-state index in [1.807, 2.05) is 31.2 Å². The number of carboxylic acid groups (broad SMARTS) is 1. The molecule has 0 spiro atoms. The number of carboxylic acids is 1. The van der Waals surface area contributed by atoms with Crippen molar-refractivity contribution in [3.63, 3.8) is 0 Å². The number of carbonyl (C=O) groups excluding carboxylic acids is 1. The summed E-state index contributed by atoms with van der Waals surface area (Å²) in [6.07, 6.45) is 0.360. The van der Waals surface area contributed by atoms with E-state index in [1.54, 1.807) is 14.0 Å². The molecule has 0 aliphatic heterocycles. The van der Waals surface area contributed by atoms with Crippen LogP contribution in [0.3, 0.4) is 0 Å². The zero-order valence-electron chi connectivity index (χ0n) is 11.5. The number of carbonyl (C=O) groups is 2. The highest BCUT2D eigenvalue weighted by atomic mass is 16.4. The molecule has 19 heavy (non-hydrogen) atoms. The summed E-state index contributed by atoms with van der Waals surface area (Å²) >= 11 is 0. The van der Waals surface area contributed by atoms with E-state index in [0.717, 1.165) is 11.1 Å². The number of nitrogens with one attached hydrogen (secondary N) is 1. The van der Waals surface area contributed by atoms with E-state index >= 15 is 0 Å². The maximum Gasteiger partial charge on any atom is 0.326 e. The summed E-state index contributed by atoms with van der Waals surface area (Å²) in [4.78, 5) is 24.2. The van der Waals surface area contributed by atoms with E-state index in [1.165, 1.54) is 4.90 Å². The standard InChI is InChI=1S/C14H20N2O3/c1-4-12(13(17)18)15-14(19)16(3)9-11-7-5-6-10(2)8-11/h5-8,12H,4,9H2,1-3H3,(H,15,19)(H,17,18). The number of benzene rings is 1. The van der Waals surface area contributed by atoms with Crippen LogP contribution in [0.2, 0.25) is 0 Å². The lowest BCUT2D eigenvalue weighted by molar-refractivity contribution is -0.139. The van der Waals surface area contributed by atoms with Crippen molar-refractivity contribution in [3.05, 3.63) is 35.4 Å². The SMILES string of the molecule is CCC(NC(=O)N(C)Cc1cccc(C)c1)C(=O)O. The Morgan fingerprint density at radius 1 is 1.42 bits per heavy atom. The van der Waals surface area contributed by atoms with Crippen LogP contribution in [0.5, 0.6) is 0 Å². The number of aryl methyl sites for hydroxylation is 1. The number of rotatable bonds is 5. The molecule has 2 N–H and O–H groups in total. The second-order valence-electron chi connectivity index (χ2n) is 4.59. The quantitative estimate of drug-likeness (QED) is 0.854. The fraction of sp³-hybridized carbons (Fsp3) is 0.429. The summed E-state index contributed by atoms with van der Waals surface area (Å²) in [6.45, 7) is 4.16. The van der Waals surface area contributed by atoms with Crippen LogP contribution in [-0.2, 0) is 11.3 Å². The Kier molecular flexibility index (Phi) is 5.36. The van der Waals surface area contributed by atoms with Crippen molar-refractivity contribution in [3.8, 4) is 0 Å². The van der Waals surface area contributed by atoms with Gasteiger partial charge in [0.15, 0.2) is 0 Å². The van der Waals surface area contributed by atoms with Gasteiger partial charge < -0.3 is 15.3 Å². The van der Waals surface area contributed by atoms with E-state index < -0.39 is 12.0 Å². The molecule has 0 bridgehead atoms. The summed E-state index contributed by atoms with van der Waals surface area (Å²) in [5.74, 6) is -1.01. The predicted octanol–water partition coefficient (Wildman–Crippen LogP) is 2.00. The average Bonchev–Trinajstić information content (AvgIpc) is 2.35. The molecule has 1 unspecified atom stereocenters. The van der Waals surface area contributed by atoms with Gasteiger partial charge in [-0.2, -0.15) is 0 Å². The number of urea groups is 1. The molecular weight excluding hydrogens is 244 g/mol. The number of hydrogen-bond acceptors (Lipinski definition) is 2. The summed E-state index contributed by atoms with van der Waals surface area (Å²) in [7, 11) is 1.65. The van der Waals surface area contributed by atoms with Gasteiger partial charge >= 0.3 is 12.0 Å². The Balaban J connectivity index is 2.60. The lowest BCUT2D eigenvalue weighted by Crippen LogP contribution is -2.46. The first kappa shape index (κ1) is 15.0. The topological polar surface area (TPSA) is 69.6 Å². The summed E-state index contributed by atoms with van der Waals surface area (Å²) in [5.41, 5.74) is 2.14. The molecule has 0 saturated carbocycles. The van der Waals surface area contributed by atoms with Crippen LogP contribution in [0.1, 0.15) is 24.5 Å². The molecule has 1 rings (SSSR count). The van der Waals surface area contributed by atoms with Crippen molar-refractivity contribution < 1.29 is 14.7 Å². The van der Waals surface area contributed by atoms with Gasteiger partial charge in [0.05, 0.1) is 0 Å². The number of hydrogen-bond donors (Lipinski definition) is 2. The van der Waals surface area contributed by atoms with E-state index in [9.17, 15) is 9.59 Å². The molecule has 1 aromatic rings. The Hall–Kier alpha value is -2.04. The molecule has 0 fully saturated rings. The smallest absolute Gasteiger partial charge is 0.326 e. The van der Waals surface area contributed by atoms with Gasteiger partial charge in [0, 0.05) is 13.6 Å². The van der Waals surface area contributed by atoms with Gasteiger partial charge in [0.25, 0.3) is 0 Å². The minimum Gasteiger partial charge on any atom is -0.480 e. The van der Waals surface area contributed by atoms with Gasteiger partial charge in [-0.1, -0.05) is 36.8 Å². The number of amides is 2. The van der Waals surface area contributed by atoms with Gasteiger partial charge in [-0.05, 0) is 18.9 Å². The monoisotopic (exact) mass is 264 g/mol. The van der Waals surface area contributed by atoms with E-state index in [-0.39, 0.29) is 6.03 Å². The van der Waals surface area contributed by atoms with Crippen molar-refractivity contribution >= 4 is 12.0 Å². The summed E-state index contributed by atoms with van der Waals surface area (Å²) < 4.78 is 0. The Labute approximate surface area is 113 Å². The molecule has 0 heterocycles. The molecule has 5 heteroatoms. The average molecular weight is 264 g/mol. The van der Waals surface area contributed by atoms with Crippen molar-refractivity contribution in [1.82, 2.24) is 10.2 Å². The highest BCUT2D eigenvalue weighted by molar-refractivity contribution is 5.82. The first-order valence-corrected chi connectivity index (χ1v) is 6.24. The van der Waals surface area contributed by atoms with E-state index in [2.05, 4.69) is 5.32 Å². The normalized spacial score (nSPS) is 11.7. The molecule has 2 amide bonds. The van der Waals surface area contributed by atoms with Crippen LogP contribution in [-0.4, -0.2) is 35.1 Å². The maximum absolute atomic E-state index is 11.9. The van der Waals surface area contributed by atoms with Gasteiger partial charge in [0.2, 0.25) is 0 Å². The van der Waals surface area contributed by atoms with Crippen LogP contribution in [0.25, 0.3) is 0 Å². The fourth-order valence-electron chi connectivity index (χ4n) is 1.75. The lowest BCUT2D eigenvalue weighted by Gasteiger charge is -2.21. The third kappa shape index (κ3) is 4.62. The Bertz CT molecular complexity index is 460. The Morgan fingerprint density at radius 3 is 2.63 bits per heavy atom. The van der Waals surface area contributed by atoms with Crippen LogP contribution in [0.4, 0.5) is 4.79 Å². The minimum absolute atomic E-state index is 0.360. The molecule has 5 nitrogen and oxygen atoms in total. The third-order valence-corrected chi connectivity index (χ3v) is 2.85. The molecule has 104 valence electrons. The molecule has 0 aliphatic carbocycles. The van der Waals surface area contributed by atoms with Crippen molar-refractivity contribution in [2.45, 2.75) is 32.9 Å². The van der Waals surface area contributed by atoms with Crippen molar-refractivity contribution in [2.75, 3.05) is 7.05 Å². The number of nitrogens with zero attached hydrogens (tertiary/aromatic N) is 1. The zero-order valence-corrected chi connectivity index (χ0v) is 11.5. The third-order valence-electron chi connectivity index (χ3n) is 2.85. The van der Waals surface area contributed by atoms with Crippen LogP contribution in [0.15, 0.2) is 24.3 Å². The summed E-state index contributed by atoms with van der Waals surface area (Å²) in [6, 6.07) is 6.64. The summed E-state index contributed by atoms with van der Waals surface area (Å²) in [5, 5.41) is 11.4. The van der Waals surface area contributed by atoms with Crippen molar-refractivity contribution in [1.29, 1.82) is 0 Å². The molecular formula is C14H20N2O3. The molecule has 1 atom stereocenters. The van der Waals surface area contributed by atoms with Gasteiger partial charge in [-0.25, -0.2) is 9.59 Å². The molecule has 0 aliphatic rings. The first-order chi connectivity index (χ1) is 8.93. The zero-order chi connectivity index (χ0) is 14.4. The molecule has 0 radical (unpaired) electrons. The van der Waals surface area contributed by atoms with Crippen molar-refractivity contribution in [2.24, 2.45) is 0 Å². The second-order valence-corrected chi connectivity index (χ2v) is 4.59. The lowest BCUT2D eigenvalue weighted by atomic mass is 10.1. The molecule has 0 saturated heterocycles. The van der Waals surface area contributed by atoms with E-state index in [0.29, 0.717) is 13.0 Å². The fourth-order valence-corrected chi connectivity index (χ4v) is 1.75. The van der Waals surface area contributed by atoms with Crippen LogP contribution in [0, 0.1) is 6.92 Å². The second kappa shape index (κ2) is 6.78. The van der Waals surface area contributed by atoms with Gasteiger partial charge in [-0.15, -0.1) is 0 Å². The highest BCUT2D eigenvalue weighted by Crippen LogP contribution is 2.07. The maximum atomic E-state index is 11.9. The first-order valence-electron chi connectivity index (χ1n) is 6.24. The molecule has 1 aromatic carbocycles. The Morgan fingerprint density at radius 2 is 2.11 bits per heavy atom. The largest absolute Gasteiger partial charge is 0.480 e. The highest BCUT2D eigenvalue weighted by Gasteiger charge is 2.19.